The van der Waals surface area contributed by atoms with Crippen LogP contribution >= 0.6 is 0 Å². The minimum atomic E-state index is -0.513. The van der Waals surface area contributed by atoms with Gasteiger partial charge in [0.05, 0.1) is 18.1 Å². The molecule has 2 unspecified atom stereocenters. The van der Waals surface area contributed by atoms with Crippen molar-refractivity contribution in [2.24, 2.45) is 11.8 Å². The van der Waals surface area contributed by atoms with Crippen LogP contribution in [0.4, 0.5) is 4.79 Å². The molecule has 2 aromatic rings. The molecule has 4 fully saturated rings. The Bertz CT molecular complexity index is 948. The van der Waals surface area contributed by atoms with Crippen LogP contribution in [0.25, 0.3) is 0 Å². The van der Waals surface area contributed by atoms with Crippen molar-refractivity contribution in [1.29, 1.82) is 0 Å². The van der Waals surface area contributed by atoms with Gasteiger partial charge < -0.3 is 15.4 Å². The van der Waals surface area contributed by atoms with Crippen molar-refractivity contribution < 1.29 is 14.3 Å². The molecule has 4 saturated carbocycles. The van der Waals surface area contributed by atoms with Crippen molar-refractivity contribution in [3.05, 3.63) is 48.2 Å². The van der Waals surface area contributed by atoms with Crippen LogP contribution in [0.2, 0.25) is 0 Å². The lowest BCUT2D eigenvalue weighted by molar-refractivity contribution is -0.0450. The Kier molecular flexibility index (Phi) is 4.45. The van der Waals surface area contributed by atoms with Gasteiger partial charge in [0.1, 0.15) is 5.69 Å². The van der Waals surface area contributed by atoms with Gasteiger partial charge in [-0.15, -0.1) is 0 Å². The molecule has 0 aliphatic heterocycles. The fraction of sp³-hybridized carbons (Fsp3) is 0.500. The van der Waals surface area contributed by atoms with Crippen molar-refractivity contribution in [1.82, 2.24) is 25.6 Å². The van der Waals surface area contributed by atoms with Gasteiger partial charge in [0, 0.05) is 17.3 Å². The highest BCUT2D eigenvalue weighted by Crippen LogP contribution is 2.57. The first-order chi connectivity index (χ1) is 14.4. The first kappa shape index (κ1) is 19.0. The fourth-order valence-electron chi connectivity index (χ4n) is 6.13. The van der Waals surface area contributed by atoms with Crippen LogP contribution in [0, 0.1) is 18.8 Å². The van der Waals surface area contributed by atoms with E-state index in [1.807, 2.05) is 13.0 Å². The Balaban J connectivity index is 1.31. The van der Waals surface area contributed by atoms with Gasteiger partial charge in [-0.2, -0.15) is 0 Å². The van der Waals surface area contributed by atoms with E-state index in [0.717, 1.165) is 37.8 Å². The van der Waals surface area contributed by atoms with Crippen LogP contribution in [0.15, 0.2) is 36.8 Å². The number of nitrogens with one attached hydrogen (secondary N) is 2. The van der Waals surface area contributed by atoms with Gasteiger partial charge in [-0.25, -0.2) is 9.78 Å². The molecule has 2 aromatic heterocycles. The van der Waals surface area contributed by atoms with Crippen LogP contribution in [0.5, 0.6) is 5.88 Å². The van der Waals surface area contributed by atoms with Crippen molar-refractivity contribution in [3.8, 4) is 5.88 Å². The maximum atomic E-state index is 12.8. The predicted molar refractivity (Wildman–Crippen MR) is 108 cm³/mol. The molecule has 6 rings (SSSR count). The van der Waals surface area contributed by atoms with E-state index in [1.54, 1.807) is 24.5 Å². The molecular weight excluding hydrogens is 382 g/mol. The predicted octanol–water partition coefficient (Wildman–Crippen LogP) is 2.79. The minimum absolute atomic E-state index is 0.148. The zero-order chi connectivity index (χ0) is 20.8. The summed E-state index contributed by atoms with van der Waals surface area (Å²) in [7, 11) is 0. The average molecular weight is 407 g/mol. The number of hydrogen-bond donors (Lipinski definition) is 2. The van der Waals surface area contributed by atoms with E-state index in [0.29, 0.717) is 24.0 Å². The van der Waals surface area contributed by atoms with E-state index in [1.165, 1.54) is 6.20 Å². The molecule has 156 valence electrons. The van der Waals surface area contributed by atoms with Crippen LogP contribution in [-0.2, 0) is 0 Å². The van der Waals surface area contributed by atoms with E-state index in [9.17, 15) is 9.59 Å². The third-order valence-corrected chi connectivity index (χ3v) is 6.66. The van der Waals surface area contributed by atoms with Crippen molar-refractivity contribution >= 4 is 12.0 Å². The summed E-state index contributed by atoms with van der Waals surface area (Å²) in [6.45, 7) is 1.82. The fourth-order valence-corrected chi connectivity index (χ4v) is 6.13. The topological polar surface area (TPSA) is 106 Å². The summed E-state index contributed by atoms with van der Waals surface area (Å²) >= 11 is 0. The lowest BCUT2D eigenvalue weighted by atomic mass is 9.50. The summed E-state index contributed by atoms with van der Waals surface area (Å²) in [4.78, 5) is 37.8. The number of rotatable bonds is 4. The molecule has 0 spiro atoms. The number of amides is 2. The highest BCUT2D eigenvalue weighted by molar-refractivity contribution is 5.92. The zero-order valence-electron chi connectivity index (χ0n) is 16.9. The van der Waals surface area contributed by atoms with Crippen molar-refractivity contribution in [2.45, 2.75) is 56.5 Å². The first-order valence-corrected chi connectivity index (χ1v) is 10.4. The van der Waals surface area contributed by atoms with E-state index in [-0.39, 0.29) is 22.9 Å². The van der Waals surface area contributed by atoms with Crippen molar-refractivity contribution in [2.75, 3.05) is 0 Å². The number of hydrogen-bond acceptors (Lipinski definition) is 6. The Hall–Kier alpha value is -3.03. The number of aromatic nitrogens is 3. The maximum absolute atomic E-state index is 12.8. The molecule has 8 nitrogen and oxygen atoms in total. The zero-order valence-corrected chi connectivity index (χ0v) is 16.9. The number of carbonyl (C=O) groups is 2. The maximum Gasteiger partial charge on any atom is 0.414 e. The summed E-state index contributed by atoms with van der Waals surface area (Å²) in [5, 5.41) is 6.41. The smallest absolute Gasteiger partial charge is 0.390 e. The van der Waals surface area contributed by atoms with Gasteiger partial charge >= 0.3 is 6.09 Å². The molecule has 4 bridgehead atoms. The molecule has 8 heteroatoms. The average Bonchev–Trinajstić information content (AvgIpc) is 2.68. The molecule has 4 aliphatic rings. The molecule has 0 saturated heterocycles. The largest absolute Gasteiger partial charge is 0.414 e. The van der Waals surface area contributed by atoms with E-state index < -0.39 is 6.09 Å². The van der Waals surface area contributed by atoms with Crippen LogP contribution in [0.3, 0.4) is 0 Å². The van der Waals surface area contributed by atoms with Gasteiger partial charge in [0.15, 0.2) is 0 Å². The monoisotopic (exact) mass is 407 g/mol. The Morgan fingerprint density at radius 1 is 1.00 bits per heavy atom. The number of aryl methyl sites for hydroxylation is 1. The number of ether oxygens (including phenoxy) is 1. The third kappa shape index (κ3) is 3.62. The summed E-state index contributed by atoms with van der Waals surface area (Å²) in [6.07, 6.45) is 9.72. The summed E-state index contributed by atoms with van der Waals surface area (Å²) in [6, 6.07) is 5.34. The summed E-state index contributed by atoms with van der Waals surface area (Å²) in [5.41, 5.74) is 0.508. The van der Waals surface area contributed by atoms with Crippen LogP contribution in [-0.4, -0.2) is 38.0 Å². The van der Waals surface area contributed by atoms with Crippen LogP contribution in [0.1, 0.15) is 54.7 Å². The molecule has 2 N–H and O–H groups in total. The Morgan fingerprint density at radius 2 is 1.73 bits per heavy atom. The van der Waals surface area contributed by atoms with E-state index in [2.05, 4.69) is 25.6 Å². The molecule has 4 aliphatic carbocycles. The van der Waals surface area contributed by atoms with Crippen LogP contribution < -0.4 is 15.4 Å². The van der Waals surface area contributed by atoms with Gasteiger partial charge in [-0.3, -0.25) is 14.8 Å². The minimum Gasteiger partial charge on any atom is -0.390 e. The lowest BCUT2D eigenvalue weighted by Gasteiger charge is -2.61. The molecule has 0 aromatic carbocycles. The van der Waals surface area contributed by atoms with Crippen molar-refractivity contribution in [3.63, 3.8) is 0 Å². The molecule has 0 radical (unpaired) electrons. The molecule has 30 heavy (non-hydrogen) atoms. The molecule has 2 atom stereocenters. The number of pyridine rings is 1. The standard InChI is InChI=1S/C22H25N5O3/c1-14-11-25-18(12-24-14)30-20(29)27-22-9-15-6-16(10-22)8-21(7-15,13-22)26-19(28)17-4-2-3-5-23-17/h2-5,11-12,15-16H,6-10,13H2,1H3,(H,26,28)(H,27,29). The quantitative estimate of drug-likeness (QED) is 0.807. The lowest BCUT2D eigenvalue weighted by Crippen LogP contribution is -2.70. The van der Waals surface area contributed by atoms with E-state index in [4.69, 9.17) is 4.74 Å². The molecule has 2 heterocycles. The number of nitrogens with zero attached hydrogens (tertiary/aromatic N) is 3. The Labute approximate surface area is 174 Å². The summed E-state index contributed by atoms with van der Waals surface area (Å²) < 4.78 is 5.37. The van der Waals surface area contributed by atoms with Gasteiger partial charge in [0.25, 0.3) is 5.91 Å². The highest BCUT2D eigenvalue weighted by Gasteiger charge is 2.59. The third-order valence-electron chi connectivity index (χ3n) is 6.66. The first-order valence-electron chi connectivity index (χ1n) is 10.4. The Morgan fingerprint density at radius 3 is 2.37 bits per heavy atom. The second kappa shape index (κ2) is 7.04. The molecule has 2 amide bonds. The van der Waals surface area contributed by atoms with Gasteiger partial charge in [-0.1, -0.05) is 6.07 Å². The normalized spacial score (nSPS) is 31.2. The second-order valence-corrected chi connectivity index (χ2v) is 9.20. The SMILES string of the molecule is Cc1cnc(OC(=O)NC23CC4CC(C2)CC(NC(=O)c2ccccn2)(C4)C3)cn1. The van der Waals surface area contributed by atoms with Gasteiger partial charge in [0.2, 0.25) is 5.88 Å². The second-order valence-electron chi connectivity index (χ2n) is 9.20. The van der Waals surface area contributed by atoms with E-state index >= 15 is 0 Å². The summed E-state index contributed by atoms with van der Waals surface area (Å²) in [5.74, 6) is 0.996. The van der Waals surface area contributed by atoms with Gasteiger partial charge in [-0.05, 0) is 69.4 Å². The molecular formula is C22H25N5O3. The highest BCUT2D eigenvalue weighted by atomic mass is 16.6. The number of carbonyl (C=O) groups excluding carboxylic acids is 2.